The van der Waals surface area contributed by atoms with Crippen LogP contribution < -0.4 is 5.32 Å². The van der Waals surface area contributed by atoms with E-state index in [1.54, 1.807) is 12.3 Å². The Kier molecular flexibility index (Phi) is 6.92. The number of carboxylic acids is 1. The number of H-pyrrole nitrogens is 1. The van der Waals surface area contributed by atoms with E-state index in [9.17, 15) is 14.7 Å². The van der Waals surface area contributed by atoms with Crippen molar-refractivity contribution in [3.63, 3.8) is 0 Å². The van der Waals surface area contributed by atoms with Crippen molar-refractivity contribution in [3.05, 3.63) is 126 Å². The van der Waals surface area contributed by atoms with Crippen molar-refractivity contribution in [2.75, 3.05) is 0 Å². The number of rotatable bonds is 8. The summed E-state index contributed by atoms with van der Waals surface area (Å²) in [5.41, 5.74) is 6.12. The predicted octanol–water partition coefficient (Wildman–Crippen LogP) is 6.31. The Morgan fingerprint density at radius 1 is 0.976 bits per heavy atom. The van der Waals surface area contributed by atoms with Crippen molar-refractivity contribution in [1.29, 1.82) is 0 Å². The molecule has 2 aromatic heterocycles. The summed E-state index contributed by atoms with van der Waals surface area (Å²) in [4.78, 5) is 28.2. The van der Waals surface area contributed by atoms with Crippen LogP contribution in [0.2, 0.25) is 0 Å². The van der Waals surface area contributed by atoms with Crippen molar-refractivity contribution in [2.45, 2.75) is 19.4 Å². The SMILES string of the molecule is Cc1ccccc1-n1cc(/C=C\C(=O)NC(Cc2c[nH]c3ccccc23)C(=O)O)c(-c2ccc3ccccc3c2)n1. The summed E-state index contributed by atoms with van der Waals surface area (Å²) in [5.74, 6) is -1.59. The van der Waals surface area contributed by atoms with Gasteiger partial charge in [-0.05, 0) is 53.1 Å². The molecule has 202 valence electrons. The van der Waals surface area contributed by atoms with Crippen molar-refractivity contribution in [2.24, 2.45) is 0 Å². The summed E-state index contributed by atoms with van der Waals surface area (Å²) in [5, 5.41) is 20.6. The van der Waals surface area contributed by atoms with Gasteiger partial charge in [-0.25, -0.2) is 9.48 Å². The lowest BCUT2D eigenvalue weighted by atomic mass is 10.0. The van der Waals surface area contributed by atoms with Crippen LogP contribution in [0.3, 0.4) is 0 Å². The van der Waals surface area contributed by atoms with Crippen molar-refractivity contribution >= 4 is 39.6 Å². The molecule has 1 unspecified atom stereocenters. The normalized spacial score (nSPS) is 12.2. The van der Waals surface area contributed by atoms with Crippen LogP contribution in [0.15, 0.2) is 109 Å². The van der Waals surface area contributed by atoms with Crippen LogP contribution in [0.4, 0.5) is 0 Å². The number of amides is 1. The van der Waals surface area contributed by atoms with Gasteiger partial charge in [-0.3, -0.25) is 4.79 Å². The van der Waals surface area contributed by atoms with Gasteiger partial charge in [0.05, 0.1) is 11.4 Å². The number of aliphatic carboxylic acids is 1. The van der Waals surface area contributed by atoms with Gasteiger partial charge in [-0.1, -0.05) is 72.8 Å². The molecule has 7 heteroatoms. The molecule has 0 radical (unpaired) electrons. The van der Waals surface area contributed by atoms with Crippen LogP contribution in [0.1, 0.15) is 16.7 Å². The van der Waals surface area contributed by atoms with E-state index in [1.165, 1.54) is 6.08 Å². The molecule has 7 nitrogen and oxygen atoms in total. The van der Waals surface area contributed by atoms with Gasteiger partial charge in [-0.2, -0.15) is 5.10 Å². The number of benzene rings is 4. The third-order valence-electron chi connectivity index (χ3n) is 7.26. The lowest BCUT2D eigenvalue weighted by Gasteiger charge is -2.12. The Balaban J connectivity index is 1.30. The largest absolute Gasteiger partial charge is 0.480 e. The molecular formula is C34H28N4O3. The number of aromatic amines is 1. The molecule has 0 aliphatic rings. The fraction of sp³-hybridized carbons (Fsp3) is 0.0882. The number of hydrogen-bond acceptors (Lipinski definition) is 3. The molecule has 0 aliphatic carbocycles. The van der Waals surface area contributed by atoms with E-state index >= 15 is 0 Å². The lowest BCUT2D eigenvalue weighted by Crippen LogP contribution is -2.41. The molecule has 0 aliphatic heterocycles. The Morgan fingerprint density at radius 2 is 1.73 bits per heavy atom. The van der Waals surface area contributed by atoms with Gasteiger partial charge in [-0.15, -0.1) is 0 Å². The van der Waals surface area contributed by atoms with Crippen LogP contribution in [-0.2, 0) is 16.0 Å². The third kappa shape index (κ3) is 5.38. The Labute approximate surface area is 236 Å². The first kappa shape index (κ1) is 25.8. The first-order valence-corrected chi connectivity index (χ1v) is 13.4. The van der Waals surface area contributed by atoms with Gasteiger partial charge in [0.1, 0.15) is 6.04 Å². The van der Waals surface area contributed by atoms with Gasteiger partial charge >= 0.3 is 5.97 Å². The molecule has 0 saturated heterocycles. The second-order valence-corrected chi connectivity index (χ2v) is 10.0. The average molecular weight is 541 g/mol. The van der Waals surface area contributed by atoms with Gasteiger partial charge < -0.3 is 15.4 Å². The highest BCUT2D eigenvalue weighted by Gasteiger charge is 2.21. The molecule has 0 bridgehead atoms. The molecule has 4 aromatic carbocycles. The number of fused-ring (bicyclic) bond motifs is 2. The third-order valence-corrected chi connectivity index (χ3v) is 7.26. The minimum atomic E-state index is -1.10. The lowest BCUT2D eigenvalue weighted by molar-refractivity contribution is -0.141. The maximum absolute atomic E-state index is 13.0. The number of carboxylic acid groups (broad SMARTS) is 1. The van der Waals surface area contributed by atoms with Crippen LogP contribution in [-0.4, -0.2) is 37.8 Å². The van der Waals surface area contributed by atoms with Gasteiger partial charge in [0.25, 0.3) is 0 Å². The molecule has 0 fully saturated rings. The number of nitrogens with zero attached hydrogens (tertiary/aromatic N) is 2. The van der Waals surface area contributed by atoms with Crippen LogP contribution in [0, 0.1) is 6.92 Å². The van der Waals surface area contributed by atoms with E-state index in [0.717, 1.165) is 55.3 Å². The van der Waals surface area contributed by atoms with E-state index in [1.807, 2.05) is 84.5 Å². The Hall–Kier alpha value is -5.43. The molecule has 6 aromatic rings. The topological polar surface area (TPSA) is 100 Å². The second-order valence-electron chi connectivity index (χ2n) is 10.0. The maximum Gasteiger partial charge on any atom is 0.326 e. The highest BCUT2D eigenvalue weighted by atomic mass is 16.4. The van der Waals surface area contributed by atoms with Crippen molar-refractivity contribution < 1.29 is 14.7 Å². The average Bonchev–Trinajstić information content (AvgIpc) is 3.60. The molecule has 6 rings (SSSR count). The molecule has 0 spiro atoms. The number of nitrogens with one attached hydrogen (secondary N) is 2. The highest BCUT2D eigenvalue weighted by Crippen LogP contribution is 2.29. The van der Waals surface area contributed by atoms with E-state index in [0.29, 0.717) is 0 Å². The van der Waals surface area contributed by atoms with Gasteiger partial charge in [0, 0.05) is 46.9 Å². The predicted molar refractivity (Wildman–Crippen MR) is 162 cm³/mol. The summed E-state index contributed by atoms with van der Waals surface area (Å²) in [6, 6.07) is 28.8. The molecule has 1 amide bonds. The van der Waals surface area contributed by atoms with Gasteiger partial charge in [0.15, 0.2) is 0 Å². The van der Waals surface area contributed by atoms with Crippen LogP contribution in [0.5, 0.6) is 0 Å². The number of aromatic nitrogens is 3. The quantitative estimate of drug-likeness (QED) is 0.197. The van der Waals surface area contributed by atoms with E-state index < -0.39 is 17.9 Å². The Morgan fingerprint density at radius 3 is 2.56 bits per heavy atom. The summed E-state index contributed by atoms with van der Waals surface area (Å²) in [6.07, 6.45) is 6.89. The fourth-order valence-corrected chi connectivity index (χ4v) is 5.12. The zero-order valence-corrected chi connectivity index (χ0v) is 22.4. The molecule has 41 heavy (non-hydrogen) atoms. The van der Waals surface area contributed by atoms with Crippen molar-refractivity contribution in [3.8, 4) is 16.9 Å². The fourth-order valence-electron chi connectivity index (χ4n) is 5.12. The van der Waals surface area contributed by atoms with E-state index in [2.05, 4.69) is 34.6 Å². The second kappa shape index (κ2) is 11.0. The zero-order chi connectivity index (χ0) is 28.3. The number of para-hydroxylation sites is 2. The molecule has 1 atom stereocenters. The monoisotopic (exact) mass is 540 g/mol. The number of aryl methyl sites for hydroxylation is 1. The summed E-state index contributed by atoms with van der Waals surface area (Å²) >= 11 is 0. The van der Waals surface area contributed by atoms with Gasteiger partial charge in [0.2, 0.25) is 5.91 Å². The van der Waals surface area contributed by atoms with Crippen molar-refractivity contribution in [1.82, 2.24) is 20.1 Å². The number of hydrogen-bond donors (Lipinski definition) is 3. The zero-order valence-electron chi connectivity index (χ0n) is 22.4. The summed E-state index contributed by atoms with van der Waals surface area (Å²) in [6.45, 7) is 2.02. The molecule has 2 heterocycles. The smallest absolute Gasteiger partial charge is 0.326 e. The minimum Gasteiger partial charge on any atom is -0.480 e. The molecule has 0 saturated carbocycles. The van der Waals surface area contributed by atoms with E-state index in [-0.39, 0.29) is 6.42 Å². The first-order chi connectivity index (χ1) is 20.0. The molecular weight excluding hydrogens is 512 g/mol. The highest BCUT2D eigenvalue weighted by molar-refractivity contribution is 5.96. The molecule has 3 N–H and O–H groups in total. The number of carbonyl (C=O) groups is 2. The summed E-state index contributed by atoms with van der Waals surface area (Å²) < 4.78 is 1.81. The van der Waals surface area contributed by atoms with Crippen LogP contribution >= 0.6 is 0 Å². The van der Waals surface area contributed by atoms with Crippen LogP contribution in [0.25, 0.3) is 44.7 Å². The minimum absolute atomic E-state index is 0.159. The Bertz CT molecular complexity index is 1930. The summed E-state index contributed by atoms with van der Waals surface area (Å²) in [7, 11) is 0. The first-order valence-electron chi connectivity index (χ1n) is 13.4. The van der Waals surface area contributed by atoms with E-state index in [4.69, 9.17) is 5.10 Å². The maximum atomic E-state index is 13.0. The standard InChI is InChI=1S/C34H28N4O3/c1-22-8-2-7-13-31(22)38-21-26(33(37-38)25-15-14-23-9-3-4-10-24(23)18-25)16-17-32(39)36-30(34(40)41)19-27-20-35-29-12-6-5-11-28(27)29/h2-18,20-21,30,35H,19H2,1H3,(H,36,39)(H,40,41)/b17-16-. The number of carbonyl (C=O) groups excluding carboxylic acids is 1.